The molecule has 6 rings (SSSR count). The average molecular weight is 870 g/mol. The van der Waals surface area contributed by atoms with Crippen molar-refractivity contribution in [3.63, 3.8) is 0 Å². The van der Waals surface area contributed by atoms with Crippen molar-refractivity contribution in [2.24, 2.45) is 0 Å². The molecular weight excluding hydrogens is 801 g/mol. The van der Waals surface area contributed by atoms with Gasteiger partial charge in [0.05, 0.1) is 23.3 Å². The van der Waals surface area contributed by atoms with Crippen LogP contribution >= 0.6 is 0 Å². The lowest BCUT2D eigenvalue weighted by Gasteiger charge is -2.42. The Kier molecular flexibility index (Phi) is 13.7. The highest BCUT2D eigenvalue weighted by molar-refractivity contribution is 6.90. The number of hydrogen-bond acceptors (Lipinski definition) is 8. The first kappa shape index (κ1) is 47.2. The van der Waals surface area contributed by atoms with Gasteiger partial charge in [0.2, 0.25) is 0 Å². The number of methoxy groups -OCH3 is 1. The Balaban J connectivity index is 1.62. The number of halogens is 2. The van der Waals surface area contributed by atoms with Gasteiger partial charge >= 0.3 is 6.09 Å². The van der Waals surface area contributed by atoms with Crippen LogP contribution in [0.4, 0.5) is 19.4 Å². The zero-order valence-electron chi connectivity index (χ0n) is 39.8. The summed E-state index contributed by atoms with van der Waals surface area (Å²) in [6.45, 7) is 27.1. The first-order chi connectivity index (χ1) is 29.0. The van der Waals surface area contributed by atoms with Gasteiger partial charge < -0.3 is 24.0 Å². The summed E-state index contributed by atoms with van der Waals surface area (Å²) in [4.78, 5) is 30.1. The molecule has 0 spiro atoms. The highest BCUT2D eigenvalue weighted by Gasteiger charge is 2.46. The van der Waals surface area contributed by atoms with Gasteiger partial charge in [0.1, 0.15) is 36.8 Å². The van der Waals surface area contributed by atoms with Gasteiger partial charge in [-0.15, -0.1) is 5.54 Å². The van der Waals surface area contributed by atoms with Crippen LogP contribution in [0.2, 0.25) is 16.6 Å². The molecule has 2 fully saturated rings. The number of aromatic nitrogens is 2. The number of piperazine rings is 1. The van der Waals surface area contributed by atoms with Crippen LogP contribution < -0.4 is 9.64 Å². The summed E-state index contributed by atoms with van der Waals surface area (Å²) in [6.07, 6.45) is 3.88. The SMILES string of the molecule is COCOc1cc(-c2ncc3c(N4CC5CCC(C4)N5C(=O)OC(C)(C)C)nc(C(C)(C)CCN(C)C)c(C)c3c2F)c2c(C#C[Si](C(C)C)(C(C)C)C(C)C)c(F)ccc2c1. The van der Waals surface area contributed by atoms with E-state index in [1.807, 2.05) is 52.8 Å². The molecule has 2 saturated heterocycles. The van der Waals surface area contributed by atoms with Crippen molar-refractivity contribution < 1.29 is 27.8 Å². The molecular formula is C50H69F2N5O4Si. The third-order valence-electron chi connectivity index (χ3n) is 13.3. The van der Waals surface area contributed by atoms with Gasteiger partial charge in [0, 0.05) is 53.5 Å². The number of carbonyl (C=O) groups excluding carboxylic acids is 1. The molecule has 4 heterocycles. The molecule has 1 amide bonds. The molecule has 2 aromatic heterocycles. The predicted octanol–water partition coefficient (Wildman–Crippen LogP) is 11.4. The molecule has 2 unspecified atom stereocenters. The molecule has 0 N–H and O–H groups in total. The summed E-state index contributed by atoms with van der Waals surface area (Å²) in [5.41, 5.74) is 5.89. The number of aryl methyl sites for hydroxylation is 1. The molecule has 2 bridgehead atoms. The Hall–Kier alpha value is -4.31. The van der Waals surface area contributed by atoms with Crippen molar-refractivity contribution in [1.82, 2.24) is 19.8 Å². The standard InChI is InChI=1S/C50H69F2N5O4Si/c1-30(2)62(31(3)4,32(5)6)23-20-38-41(51)19-16-34-24-37(60-29-59-15)25-39(43(34)38)45-44(52)42-33(7)46(50(11,12)21-22-55(13)14)54-47(40(42)26-53-45)56-27-35-17-18-36(28-56)57(35)48(58)61-49(8,9)10/h16,19,24-26,30-32,35-36H,17-18,21-22,27-29H2,1-15H3. The molecule has 2 atom stereocenters. The maximum atomic E-state index is 18.2. The lowest BCUT2D eigenvalue weighted by Crippen LogP contribution is -2.57. The summed E-state index contributed by atoms with van der Waals surface area (Å²) >= 11 is 0. The molecule has 2 aliphatic heterocycles. The molecule has 62 heavy (non-hydrogen) atoms. The van der Waals surface area contributed by atoms with Gasteiger partial charge in [-0.05, 0) is 113 Å². The van der Waals surface area contributed by atoms with Crippen LogP contribution in [0, 0.1) is 30.0 Å². The third-order valence-corrected chi connectivity index (χ3v) is 19.6. The Labute approximate surface area is 369 Å². The maximum absolute atomic E-state index is 18.2. The second-order valence-corrected chi connectivity index (χ2v) is 26.0. The van der Waals surface area contributed by atoms with Crippen LogP contribution in [0.1, 0.15) is 112 Å². The van der Waals surface area contributed by atoms with Crippen LogP contribution in [-0.2, 0) is 14.9 Å². The number of amides is 1. The van der Waals surface area contributed by atoms with E-state index < -0.39 is 30.7 Å². The number of anilines is 1. The lowest BCUT2D eigenvalue weighted by molar-refractivity contribution is 0.0123. The summed E-state index contributed by atoms with van der Waals surface area (Å²) in [5.74, 6) is 3.48. The van der Waals surface area contributed by atoms with Gasteiger partial charge in [-0.1, -0.05) is 67.4 Å². The van der Waals surface area contributed by atoms with Gasteiger partial charge in [-0.2, -0.15) is 0 Å². The second kappa shape index (κ2) is 18.0. The minimum Gasteiger partial charge on any atom is -0.468 e. The highest BCUT2D eigenvalue weighted by atomic mass is 28.3. The van der Waals surface area contributed by atoms with E-state index >= 15 is 8.78 Å². The van der Waals surface area contributed by atoms with Crippen molar-refractivity contribution in [1.29, 1.82) is 0 Å². The van der Waals surface area contributed by atoms with Crippen molar-refractivity contribution in [3.8, 4) is 28.5 Å². The fourth-order valence-corrected chi connectivity index (χ4v) is 15.5. The van der Waals surface area contributed by atoms with Gasteiger partial charge in [0.15, 0.2) is 12.6 Å². The summed E-state index contributed by atoms with van der Waals surface area (Å²) in [6, 6.07) is 6.52. The number of carbonyl (C=O) groups is 1. The Morgan fingerprint density at radius 1 is 0.968 bits per heavy atom. The normalized spacial score (nSPS) is 17.2. The first-order valence-corrected chi connectivity index (χ1v) is 24.6. The van der Waals surface area contributed by atoms with Gasteiger partial charge in [0.25, 0.3) is 0 Å². The number of benzene rings is 2. The summed E-state index contributed by atoms with van der Waals surface area (Å²) in [5, 5.41) is 2.15. The number of fused-ring (bicyclic) bond motifs is 4. The van der Waals surface area contributed by atoms with Crippen molar-refractivity contribution >= 4 is 41.5 Å². The predicted molar refractivity (Wildman–Crippen MR) is 251 cm³/mol. The number of hydrogen-bond donors (Lipinski definition) is 0. The molecule has 2 aromatic carbocycles. The average Bonchev–Trinajstić information content (AvgIpc) is 3.45. The molecule has 4 aromatic rings. The van der Waals surface area contributed by atoms with E-state index in [0.29, 0.717) is 68.4 Å². The van der Waals surface area contributed by atoms with Crippen LogP contribution in [0.25, 0.3) is 32.8 Å². The van der Waals surface area contributed by atoms with Gasteiger partial charge in [-0.25, -0.2) is 18.6 Å². The highest BCUT2D eigenvalue weighted by Crippen LogP contribution is 2.45. The zero-order valence-corrected chi connectivity index (χ0v) is 40.8. The maximum Gasteiger partial charge on any atom is 0.410 e. The minimum absolute atomic E-state index is 0.0274. The fourth-order valence-electron chi connectivity index (χ4n) is 10.3. The monoisotopic (exact) mass is 870 g/mol. The molecule has 0 radical (unpaired) electrons. The number of pyridine rings is 2. The molecule has 336 valence electrons. The largest absolute Gasteiger partial charge is 0.468 e. The molecule has 0 aliphatic carbocycles. The first-order valence-electron chi connectivity index (χ1n) is 22.3. The van der Waals surface area contributed by atoms with Crippen LogP contribution in [0.5, 0.6) is 5.75 Å². The topological polar surface area (TPSA) is 80.3 Å². The number of rotatable bonds is 12. The Bertz CT molecular complexity index is 2350. The molecule has 12 heteroatoms. The minimum atomic E-state index is -2.29. The zero-order chi connectivity index (χ0) is 45.6. The van der Waals surface area contributed by atoms with E-state index in [2.05, 4.69) is 76.7 Å². The summed E-state index contributed by atoms with van der Waals surface area (Å²) < 4.78 is 51.7. The van der Waals surface area contributed by atoms with Gasteiger partial charge in [-0.3, -0.25) is 9.88 Å². The van der Waals surface area contributed by atoms with Crippen molar-refractivity contribution in [3.05, 3.63) is 58.9 Å². The molecule has 0 saturated carbocycles. The Morgan fingerprint density at radius 3 is 2.16 bits per heavy atom. The van der Waals surface area contributed by atoms with Crippen LogP contribution in [0.15, 0.2) is 30.5 Å². The lowest BCUT2D eigenvalue weighted by atomic mass is 9.81. The van der Waals surface area contributed by atoms with E-state index in [9.17, 15) is 4.79 Å². The van der Waals surface area contributed by atoms with E-state index in [0.717, 1.165) is 37.1 Å². The molecule has 2 aliphatic rings. The smallest absolute Gasteiger partial charge is 0.410 e. The molecule has 9 nitrogen and oxygen atoms in total. The summed E-state index contributed by atoms with van der Waals surface area (Å²) in [7, 11) is 3.35. The van der Waals surface area contributed by atoms with E-state index in [4.69, 9.17) is 24.2 Å². The Morgan fingerprint density at radius 2 is 1.60 bits per heavy atom. The van der Waals surface area contributed by atoms with E-state index in [1.165, 1.54) is 6.07 Å². The number of ether oxygens (including phenoxy) is 3. The van der Waals surface area contributed by atoms with E-state index in [1.54, 1.807) is 25.4 Å². The van der Waals surface area contributed by atoms with Crippen molar-refractivity contribution in [2.75, 3.05) is 52.5 Å². The quantitative estimate of drug-likeness (QED) is 0.0791. The van der Waals surface area contributed by atoms with E-state index in [-0.39, 0.29) is 36.2 Å². The number of nitrogens with zero attached hydrogens (tertiary/aromatic N) is 5. The fraction of sp³-hybridized carbons (Fsp3) is 0.580. The second-order valence-electron chi connectivity index (χ2n) is 20.4. The van der Waals surface area contributed by atoms with Crippen LogP contribution in [0.3, 0.4) is 0 Å². The van der Waals surface area contributed by atoms with Crippen LogP contribution in [-0.4, -0.2) is 99.3 Å². The third kappa shape index (κ3) is 9.05. The van der Waals surface area contributed by atoms with Crippen molar-refractivity contribution in [2.45, 2.75) is 142 Å².